The molecular formula is C11H17NO4S. The van der Waals surface area contributed by atoms with Gasteiger partial charge in [-0.2, -0.15) is 0 Å². The summed E-state index contributed by atoms with van der Waals surface area (Å²) in [5.74, 6) is -1.29. The van der Waals surface area contributed by atoms with E-state index < -0.39 is 28.0 Å². The van der Waals surface area contributed by atoms with E-state index in [4.69, 9.17) is 0 Å². The third-order valence-electron chi connectivity index (χ3n) is 3.85. The topological polar surface area (TPSA) is 83.5 Å². The molecule has 0 aromatic carbocycles. The summed E-state index contributed by atoms with van der Waals surface area (Å²) in [6.07, 6.45) is 3.97. The molecule has 96 valence electrons. The molecule has 17 heavy (non-hydrogen) atoms. The Morgan fingerprint density at radius 3 is 2.65 bits per heavy atom. The van der Waals surface area contributed by atoms with Crippen molar-refractivity contribution in [1.29, 1.82) is 0 Å². The fraction of sp³-hybridized carbons (Fsp3) is 0.727. The summed E-state index contributed by atoms with van der Waals surface area (Å²) in [7, 11) is -3.44. The number of sulfonamides is 1. The van der Waals surface area contributed by atoms with E-state index in [9.17, 15) is 18.3 Å². The first-order valence-corrected chi connectivity index (χ1v) is 7.43. The lowest BCUT2D eigenvalue weighted by molar-refractivity contribution is -0.144. The molecule has 2 aliphatic rings. The first-order chi connectivity index (χ1) is 7.94. The predicted octanol–water partition coefficient (Wildman–Crippen LogP) is 0.591. The van der Waals surface area contributed by atoms with Crippen LogP contribution in [0.3, 0.4) is 0 Å². The molecule has 0 aliphatic heterocycles. The van der Waals surface area contributed by atoms with Crippen LogP contribution in [0.4, 0.5) is 0 Å². The Morgan fingerprint density at radius 1 is 1.41 bits per heavy atom. The normalized spacial score (nSPS) is 36.0. The maximum absolute atomic E-state index is 11.7. The molecule has 2 N–H and O–H groups in total. The lowest BCUT2D eigenvalue weighted by atomic mass is 9.85. The second-order valence-corrected chi connectivity index (χ2v) is 6.71. The summed E-state index contributed by atoms with van der Waals surface area (Å²) in [5.41, 5.74) is 0. The van der Waals surface area contributed by atoms with Crippen molar-refractivity contribution < 1.29 is 18.3 Å². The Balaban J connectivity index is 2.14. The van der Waals surface area contributed by atoms with Crippen molar-refractivity contribution in [3.63, 3.8) is 0 Å². The minimum atomic E-state index is -3.44. The molecule has 0 radical (unpaired) electrons. The number of hydrogen-bond acceptors (Lipinski definition) is 3. The Morgan fingerprint density at radius 2 is 2.06 bits per heavy atom. The number of aliphatic carboxylic acids is 1. The van der Waals surface area contributed by atoms with Gasteiger partial charge in [0.1, 0.15) is 0 Å². The van der Waals surface area contributed by atoms with Gasteiger partial charge in [-0.25, -0.2) is 13.1 Å². The van der Waals surface area contributed by atoms with Gasteiger partial charge < -0.3 is 5.11 Å². The lowest BCUT2D eigenvalue weighted by Gasteiger charge is -2.28. The van der Waals surface area contributed by atoms with E-state index in [-0.39, 0.29) is 17.6 Å². The van der Waals surface area contributed by atoms with Gasteiger partial charge >= 0.3 is 5.97 Å². The summed E-state index contributed by atoms with van der Waals surface area (Å²) >= 11 is 0. The van der Waals surface area contributed by atoms with Gasteiger partial charge in [-0.05, 0) is 31.1 Å². The molecule has 2 rings (SSSR count). The Hall–Kier alpha value is -0.880. The van der Waals surface area contributed by atoms with Crippen molar-refractivity contribution >= 4 is 16.0 Å². The van der Waals surface area contributed by atoms with Crippen LogP contribution in [-0.4, -0.2) is 31.3 Å². The van der Waals surface area contributed by atoms with Crippen LogP contribution in [0.25, 0.3) is 0 Å². The minimum Gasteiger partial charge on any atom is -0.481 e. The number of fused-ring (bicyclic) bond motifs is 2. The molecule has 0 saturated heterocycles. The zero-order chi connectivity index (χ0) is 12.6. The molecule has 4 unspecified atom stereocenters. The molecule has 2 aliphatic carbocycles. The standard InChI is InChI=1S/C11H17NO4S/c1-2-5-17(15,16)12-10-8-4-3-7(6-8)9(10)11(13)14/h2,7-10,12H,1,3-6H2,(H,13,14). The first kappa shape index (κ1) is 12.6. The molecule has 2 fully saturated rings. The molecule has 4 atom stereocenters. The summed E-state index contributed by atoms with van der Waals surface area (Å²) in [5, 5.41) is 9.18. The molecule has 0 spiro atoms. The number of carboxylic acid groups (broad SMARTS) is 1. The van der Waals surface area contributed by atoms with E-state index in [1.807, 2.05) is 0 Å². The predicted molar refractivity (Wildman–Crippen MR) is 62.9 cm³/mol. The number of hydrogen-bond donors (Lipinski definition) is 2. The highest BCUT2D eigenvalue weighted by Crippen LogP contribution is 2.48. The minimum absolute atomic E-state index is 0.133. The van der Waals surface area contributed by atoms with E-state index in [1.54, 1.807) is 0 Å². The molecule has 0 aromatic rings. The molecule has 0 aromatic heterocycles. The third-order valence-corrected chi connectivity index (χ3v) is 5.16. The van der Waals surface area contributed by atoms with Crippen molar-refractivity contribution in [2.45, 2.75) is 25.3 Å². The maximum atomic E-state index is 11.7. The second-order valence-electron chi connectivity index (χ2n) is 4.91. The molecule has 5 nitrogen and oxygen atoms in total. The molecule has 2 saturated carbocycles. The average molecular weight is 259 g/mol. The van der Waals surface area contributed by atoms with Crippen LogP contribution in [0.5, 0.6) is 0 Å². The van der Waals surface area contributed by atoms with E-state index >= 15 is 0 Å². The summed E-state index contributed by atoms with van der Waals surface area (Å²) < 4.78 is 25.9. The quantitative estimate of drug-likeness (QED) is 0.708. The highest BCUT2D eigenvalue weighted by Gasteiger charge is 2.52. The molecular weight excluding hydrogens is 242 g/mol. The molecule has 6 heteroatoms. The van der Waals surface area contributed by atoms with Crippen LogP contribution < -0.4 is 4.72 Å². The van der Waals surface area contributed by atoms with Gasteiger partial charge in [0.05, 0.1) is 11.7 Å². The Kier molecular flexibility index (Phi) is 3.27. The maximum Gasteiger partial charge on any atom is 0.308 e. The largest absolute Gasteiger partial charge is 0.481 e. The zero-order valence-corrected chi connectivity index (χ0v) is 10.3. The van der Waals surface area contributed by atoms with Gasteiger partial charge in [-0.15, -0.1) is 6.58 Å². The van der Waals surface area contributed by atoms with Crippen molar-refractivity contribution in [2.75, 3.05) is 5.75 Å². The Labute approximate surface area is 101 Å². The first-order valence-electron chi connectivity index (χ1n) is 5.78. The fourth-order valence-corrected chi connectivity index (χ4v) is 4.39. The smallest absolute Gasteiger partial charge is 0.308 e. The van der Waals surface area contributed by atoms with Crippen LogP contribution in [-0.2, 0) is 14.8 Å². The van der Waals surface area contributed by atoms with Crippen molar-refractivity contribution in [3.8, 4) is 0 Å². The van der Waals surface area contributed by atoms with Gasteiger partial charge in [0.15, 0.2) is 0 Å². The van der Waals surface area contributed by atoms with Crippen molar-refractivity contribution in [3.05, 3.63) is 12.7 Å². The number of carboxylic acids is 1. The van der Waals surface area contributed by atoms with Crippen LogP contribution >= 0.6 is 0 Å². The molecule has 2 bridgehead atoms. The lowest BCUT2D eigenvalue weighted by Crippen LogP contribution is -2.47. The van der Waals surface area contributed by atoms with E-state index in [0.717, 1.165) is 19.3 Å². The van der Waals surface area contributed by atoms with E-state index in [0.29, 0.717) is 0 Å². The highest BCUT2D eigenvalue weighted by atomic mass is 32.2. The van der Waals surface area contributed by atoms with Gasteiger partial charge in [-0.1, -0.05) is 6.08 Å². The number of rotatable bonds is 5. The van der Waals surface area contributed by atoms with Crippen LogP contribution in [0.2, 0.25) is 0 Å². The molecule has 0 heterocycles. The highest BCUT2D eigenvalue weighted by molar-refractivity contribution is 7.89. The van der Waals surface area contributed by atoms with Crippen molar-refractivity contribution in [2.24, 2.45) is 17.8 Å². The van der Waals surface area contributed by atoms with Gasteiger partial charge in [0.25, 0.3) is 0 Å². The van der Waals surface area contributed by atoms with E-state index in [1.165, 1.54) is 6.08 Å². The monoisotopic (exact) mass is 259 g/mol. The summed E-state index contributed by atoms with van der Waals surface area (Å²) in [4.78, 5) is 11.2. The van der Waals surface area contributed by atoms with Crippen LogP contribution in [0.15, 0.2) is 12.7 Å². The van der Waals surface area contributed by atoms with Gasteiger partial charge in [0.2, 0.25) is 10.0 Å². The van der Waals surface area contributed by atoms with Crippen molar-refractivity contribution in [1.82, 2.24) is 4.72 Å². The summed E-state index contributed by atoms with van der Waals surface area (Å²) in [6.45, 7) is 3.39. The van der Waals surface area contributed by atoms with Gasteiger partial charge in [-0.3, -0.25) is 4.79 Å². The second kappa shape index (κ2) is 4.42. The fourth-order valence-electron chi connectivity index (χ4n) is 3.23. The molecule has 0 amide bonds. The SMILES string of the molecule is C=CCS(=O)(=O)NC1C2CCC(C2)C1C(=O)O. The average Bonchev–Trinajstić information content (AvgIpc) is 2.75. The summed E-state index contributed by atoms with van der Waals surface area (Å²) in [6, 6.07) is -0.434. The third kappa shape index (κ3) is 2.37. The Bertz CT molecular complexity index is 431. The van der Waals surface area contributed by atoms with Gasteiger partial charge in [0, 0.05) is 6.04 Å². The van der Waals surface area contributed by atoms with E-state index in [2.05, 4.69) is 11.3 Å². The van der Waals surface area contributed by atoms with Crippen LogP contribution in [0.1, 0.15) is 19.3 Å². The zero-order valence-electron chi connectivity index (χ0n) is 9.50. The van der Waals surface area contributed by atoms with Crippen LogP contribution in [0, 0.1) is 17.8 Å². The number of nitrogens with one attached hydrogen (secondary N) is 1. The number of carbonyl (C=O) groups is 1.